The average Bonchev–Trinajstić information content (AvgIpc) is 2.70. The van der Waals surface area contributed by atoms with E-state index in [1.165, 1.54) is 0 Å². The van der Waals surface area contributed by atoms with E-state index in [1.807, 2.05) is 37.3 Å². The van der Waals surface area contributed by atoms with Crippen molar-refractivity contribution in [1.29, 1.82) is 0 Å². The van der Waals surface area contributed by atoms with Gasteiger partial charge in [-0.2, -0.15) is 0 Å². The van der Waals surface area contributed by atoms with Crippen molar-refractivity contribution in [3.8, 4) is 5.75 Å². The molecule has 1 aromatic carbocycles. The topological polar surface area (TPSA) is 9.23 Å². The molecule has 0 bridgehead atoms. The molecule has 18 heavy (non-hydrogen) atoms. The molecular weight excluding hydrogens is 355 g/mol. The highest BCUT2D eigenvalue weighted by atomic mass is 79.9. The van der Waals surface area contributed by atoms with Crippen molar-refractivity contribution in [1.82, 2.24) is 0 Å². The third kappa shape index (κ3) is 3.21. The first-order valence-electron chi connectivity index (χ1n) is 5.43. The molecule has 2 rings (SSSR count). The molecule has 1 unspecified atom stereocenters. The fourth-order valence-corrected chi connectivity index (χ4v) is 3.65. The summed E-state index contributed by atoms with van der Waals surface area (Å²) in [6.45, 7) is 2.63. The number of halogens is 3. The fraction of sp³-hybridized carbons (Fsp3) is 0.231. The molecule has 0 N–H and O–H groups in total. The first-order chi connectivity index (χ1) is 8.61. The van der Waals surface area contributed by atoms with Crippen LogP contribution in [0.3, 0.4) is 0 Å². The molecule has 1 nitrogen and oxygen atoms in total. The van der Waals surface area contributed by atoms with Crippen LogP contribution in [0, 0.1) is 0 Å². The van der Waals surface area contributed by atoms with Crippen LogP contribution < -0.4 is 4.74 Å². The Hall–Kier alpha value is -0.220. The van der Waals surface area contributed by atoms with E-state index >= 15 is 0 Å². The first-order valence-corrected chi connectivity index (χ1v) is 7.85. The number of hydrogen-bond acceptors (Lipinski definition) is 2. The van der Waals surface area contributed by atoms with Gasteiger partial charge in [0.25, 0.3) is 0 Å². The van der Waals surface area contributed by atoms with Gasteiger partial charge in [-0.25, -0.2) is 0 Å². The van der Waals surface area contributed by atoms with E-state index in [0.717, 1.165) is 20.0 Å². The predicted molar refractivity (Wildman–Crippen MR) is 82.3 cm³/mol. The van der Waals surface area contributed by atoms with Crippen molar-refractivity contribution >= 4 is 50.5 Å². The third-order valence-corrected chi connectivity index (χ3v) is 5.55. The van der Waals surface area contributed by atoms with Gasteiger partial charge in [-0.3, -0.25) is 0 Å². The lowest BCUT2D eigenvalue weighted by atomic mass is 10.1. The zero-order valence-corrected chi connectivity index (χ0v) is 13.5. The van der Waals surface area contributed by atoms with Crippen molar-refractivity contribution in [2.24, 2.45) is 0 Å². The molecule has 2 aromatic rings. The molecule has 0 aliphatic heterocycles. The van der Waals surface area contributed by atoms with Gasteiger partial charge in [0.05, 0.1) is 20.8 Å². The second-order valence-electron chi connectivity index (χ2n) is 3.64. The summed E-state index contributed by atoms with van der Waals surface area (Å²) in [5, 5.41) is 0.515. The molecule has 0 aliphatic carbocycles. The molecule has 0 spiro atoms. The standard InChI is InChI=1S/C13H11BrCl2OS/c1-2-17-9-5-3-8(4-6-9)12(16)11-7-10(15)13(14)18-11/h3-7,12H,2H2,1H3. The highest BCUT2D eigenvalue weighted by Gasteiger charge is 2.15. The molecule has 5 heteroatoms. The summed E-state index contributed by atoms with van der Waals surface area (Å²) in [5.74, 6) is 0.857. The molecule has 96 valence electrons. The summed E-state index contributed by atoms with van der Waals surface area (Å²) < 4.78 is 6.31. The SMILES string of the molecule is CCOc1ccc(C(Cl)c2cc(Cl)c(Br)s2)cc1. The van der Waals surface area contributed by atoms with Crippen LogP contribution in [0.15, 0.2) is 34.1 Å². The Morgan fingerprint density at radius 2 is 2.00 bits per heavy atom. The molecular formula is C13H11BrCl2OS. The monoisotopic (exact) mass is 364 g/mol. The lowest BCUT2D eigenvalue weighted by Gasteiger charge is -2.09. The Kier molecular flexibility index (Phi) is 4.96. The van der Waals surface area contributed by atoms with Crippen LogP contribution in [0.2, 0.25) is 5.02 Å². The van der Waals surface area contributed by atoms with Crippen LogP contribution in [0.25, 0.3) is 0 Å². The maximum Gasteiger partial charge on any atom is 0.119 e. The molecule has 0 radical (unpaired) electrons. The van der Waals surface area contributed by atoms with Gasteiger partial charge in [0.2, 0.25) is 0 Å². The highest BCUT2D eigenvalue weighted by Crippen LogP contribution is 2.40. The maximum absolute atomic E-state index is 6.44. The largest absolute Gasteiger partial charge is 0.494 e. The molecule has 1 aromatic heterocycles. The predicted octanol–water partition coefficient (Wildman–Crippen LogP) is 5.89. The summed E-state index contributed by atoms with van der Waals surface area (Å²) in [7, 11) is 0. The lowest BCUT2D eigenvalue weighted by Crippen LogP contribution is -1.93. The zero-order chi connectivity index (χ0) is 13.1. The molecule has 1 atom stereocenters. The van der Waals surface area contributed by atoms with E-state index in [2.05, 4.69) is 15.9 Å². The summed E-state index contributed by atoms with van der Waals surface area (Å²) in [4.78, 5) is 1.03. The molecule has 1 heterocycles. The Morgan fingerprint density at radius 1 is 1.33 bits per heavy atom. The Labute approximate surface area is 129 Å². The van der Waals surface area contributed by atoms with Gasteiger partial charge in [0, 0.05) is 4.88 Å². The second kappa shape index (κ2) is 6.29. The molecule has 0 saturated heterocycles. The van der Waals surface area contributed by atoms with Gasteiger partial charge in [-0.15, -0.1) is 22.9 Å². The Bertz CT molecular complexity index is 505. The number of rotatable bonds is 4. The third-order valence-electron chi connectivity index (χ3n) is 2.40. The number of alkyl halides is 1. The highest BCUT2D eigenvalue weighted by molar-refractivity contribution is 9.11. The van der Waals surface area contributed by atoms with Gasteiger partial charge < -0.3 is 4.74 Å². The van der Waals surface area contributed by atoms with Gasteiger partial charge >= 0.3 is 0 Å². The zero-order valence-electron chi connectivity index (χ0n) is 9.62. The van der Waals surface area contributed by atoms with E-state index in [-0.39, 0.29) is 5.38 Å². The van der Waals surface area contributed by atoms with E-state index < -0.39 is 0 Å². The quantitative estimate of drug-likeness (QED) is 0.613. The first kappa shape index (κ1) is 14.2. The van der Waals surface area contributed by atoms with Crippen LogP contribution >= 0.6 is 50.5 Å². The normalized spacial score (nSPS) is 12.4. The molecule has 0 amide bonds. The molecule has 0 saturated carbocycles. The van der Waals surface area contributed by atoms with Crippen molar-refractivity contribution in [3.05, 3.63) is 49.6 Å². The fourth-order valence-electron chi connectivity index (χ4n) is 1.55. The summed E-state index contributed by atoms with van der Waals surface area (Å²) in [6.07, 6.45) is 0. The van der Waals surface area contributed by atoms with Crippen LogP contribution in [0.4, 0.5) is 0 Å². The number of ether oxygens (including phenoxy) is 1. The average molecular weight is 366 g/mol. The van der Waals surface area contributed by atoms with E-state index in [1.54, 1.807) is 11.3 Å². The summed E-state index contributed by atoms with van der Waals surface area (Å²) >= 11 is 17.4. The Balaban J connectivity index is 2.20. The van der Waals surface area contributed by atoms with Gasteiger partial charge in [-0.05, 0) is 46.6 Å². The van der Waals surface area contributed by atoms with Gasteiger partial charge in [0.1, 0.15) is 5.75 Å². The minimum Gasteiger partial charge on any atom is -0.494 e. The molecule has 0 fully saturated rings. The number of thiophene rings is 1. The van der Waals surface area contributed by atoms with Crippen molar-refractivity contribution in [2.75, 3.05) is 6.61 Å². The van der Waals surface area contributed by atoms with Crippen LogP contribution in [0.5, 0.6) is 5.75 Å². The van der Waals surface area contributed by atoms with Crippen LogP contribution in [0.1, 0.15) is 22.7 Å². The van der Waals surface area contributed by atoms with Crippen LogP contribution in [-0.2, 0) is 0 Å². The summed E-state index contributed by atoms with van der Waals surface area (Å²) in [5.41, 5.74) is 1.03. The molecule has 0 aliphatic rings. The van der Waals surface area contributed by atoms with E-state index in [4.69, 9.17) is 27.9 Å². The second-order valence-corrected chi connectivity index (χ2v) is 6.88. The number of hydrogen-bond donors (Lipinski definition) is 0. The number of benzene rings is 1. The maximum atomic E-state index is 6.44. The van der Waals surface area contributed by atoms with Crippen molar-refractivity contribution < 1.29 is 4.74 Å². The van der Waals surface area contributed by atoms with Crippen molar-refractivity contribution in [2.45, 2.75) is 12.3 Å². The minimum atomic E-state index is -0.186. The lowest BCUT2D eigenvalue weighted by molar-refractivity contribution is 0.340. The summed E-state index contributed by atoms with van der Waals surface area (Å²) in [6, 6.07) is 9.70. The minimum absolute atomic E-state index is 0.186. The van der Waals surface area contributed by atoms with Crippen molar-refractivity contribution in [3.63, 3.8) is 0 Å². The Morgan fingerprint density at radius 3 is 2.50 bits per heavy atom. The van der Waals surface area contributed by atoms with E-state index in [9.17, 15) is 0 Å². The van der Waals surface area contributed by atoms with Gasteiger partial charge in [0.15, 0.2) is 0 Å². The smallest absolute Gasteiger partial charge is 0.119 e. The van der Waals surface area contributed by atoms with E-state index in [0.29, 0.717) is 11.6 Å². The van der Waals surface area contributed by atoms with Crippen LogP contribution in [-0.4, -0.2) is 6.61 Å². The van der Waals surface area contributed by atoms with Gasteiger partial charge in [-0.1, -0.05) is 23.7 Å².